The average molecular weight is 389 g/mol. The Morgan fingerprint density at radius 2 is 1.97 bits per heavy atom. The van der Waals surface area contributed by atoms with E-state index in [1.807, 2.05) is 19.1 Å². The lowest BCUT2D eigenvalue weighted by atomic mass is 10.1. The molecule has 0 spiro atoms. The van der Waals surface area contributed by atoms with Gasteiger partial charge in [0.15, 0.2) is 0 Å². The van der Waals surface area contributed by atoms with Gasteiger partial charge >= 0.3 is 5.97 Å². The average Bonchev–Trinajstić information content (AvgIpc) is 2.74. The topological polar surface area (TPSA) is 93.7 Å². The molecule has 3 aromatic rings. The van der Waals surface area contributed by atoms with E-state index in [0.29, 0.717) is 11.4 Å². The minimum absolute atomic E-state index is 0.00231. The van der Waals surface area contributed by atoms with Crippen molar-refractivity contribution in [2.45, 2.75) is 20.3 Å². The van der Waals surface area contributed by atoms with Crippen molar-refractivity contribution >= 4 is 17.7 Å². The molecule has 0 aliphatic rings. The van der Waals surface area contributed by atoms with Crippen molar-refractivity contribution in [3.63, 3.8) is 0 Å². The van der Waals surface area contributed by atoms with Crippen LogP contribution in [0, 0.1) is 11.3 Å². The summed E-state index contributed by atoms with van der Waals surface area (Å²) in [6.07, 6.45) is 3.59. The summed E-state index contributed by atoms with van der Waals surface area (Å²) >= 11 is 0. The summed E-state index contributed by atoms with van der Waals surface area (Å²) in [7, 11) is 0. The van der Waals surface area contributed by atoms with Crippen LogP contribution in [0.4, 0.5) is 0 Å². The predicted octanol–water partition coefficient (Wildman–Crippen LogP) is 3.52. The third-order valence-corrected chi connectivity index (χ3v) is 4.18. The number of aryl methyl sites for hydroxylation is 1. The van der Waals surface area contributed by atoms with Gasteiger partial charge in [-0.3, -0.25) is 9.20 Å². The SMILES string of the molecule is CCOC(=O)/C(C#N)=C/c1c(Oc2ccc(CC)cc2)nc2ccccn2c1=O. The zero-order valence-corrected chi connectivity index (χ0v) is 16.1. The molecule has 0 unspecified atom stereocenters. The lowest BCUT2D eigenvalue weighted by molar-refractivity contribution is -0.137. The highest BCUT2D eigenvalue weighted by Crippen LogP contribution is 2.24. The number of carbonyl (C=O) groups is 1. The van der Waals surface area contributed by atoms with Crippen LogP contribution in [0.5, 0.6) is 11.6 Å². The van der Waals surface area contributed by atoms with E-state index in [-0.39, 0.29) is 23.6 Å². The van der Waals surface area contributed by atoms with Crippen LogP contribution in [0.2, 0.25) is 0 Å². The van der Waals surface area contributed by atoms with Gasteiger partial charge in [-0.2, -0.15) is 10.2 Å². The summed E-state index contributed by atoms with van der Waals surface area (Å²) in [5.74, 6) is -0.327. The molecule has 0 amide bonds. The van der Waals surface area contributed by atoms with Crippen molar-refractivity contribution in [3.05, 3.63) is 75.7 Å². The molecule has 146 valence electrons. The highest BCUT2D eigenvalue weighted by atomic mass is 16.5. The Morgan fingerprint density at radius 3 is 2.62 bits per heavy atom. The minimum Gasteiger partial charge on any atom is -0.462 e. The Kier molecular flexibility index (Phi) is 6.05. The van der Waals surface area contributed by atoms with E-state index in [2.05, 4.69) is 4.98 Å². The predicted molar refractivity (Wildman–Crippen MR) is 108 cm³/mol. The van der Waals surface area contributed by atoms with Crippen LogP contribution in [-0.2, 0) is 16.0 Å². The van der Waals surface area contributed by atoms with Gasteiger partial charge in [-0.05, 0) is 49.2 Å². The van der Waals surface area contributed by atoms with Crippen LogP contribution < -0.4 is 10.3 Å². The number of benzene rings is 1. The maximum atomic E-state index is 13.0. The lowest BCUT2D eigenvalue weighted by Crippen LogP contribution is -2.19. The van der Waals surface area contributed by atoms with Gasteiger partial charge in [0, 0.05) is 6.20 Å². The smallest absolute Gasteiger partial charge is 0.348 e. The molecule has 0 aliphatic carbocycles. The van der Waals surface area contributed by atoms with Crippen molar-refractivity contribution in [2.24, 2.45) is 0 Å². The molecule has 7 heteroatoms. The first-order chi connectivity index (χ1) is 14.1. The standard InChI is InChI=1S/C22H19N3O4/c1-3-15-8-10-17(11-9-15)29-20-18(13-16(14-23)22(27)28-4-2)21(26)25-12-6-5-7-19(25)24-20/h5-13H,3-4H2,1-2H3/b16-13+. The van der Waals surface area contributed by atoms with Gasteiger partial charge in [0.2, 0.25) is 5.88 Å². The van der Waals surface area contributed by atoms with Gasteiger partial charge in [0.05, 0.1) is 6.61 Å². The summed E-state index contributed by atoms with van der Waals surface area (Å²) in [4.78, 5) is 29.4. The van der Waals surface area contributed by atoms with Crippen molar-refractivity contribution in [1.29, 1.82) is 5.26 Å². The van der Waals surface area contributed by atoms with Crippen LogP contribution in [0.15, 0.2) is 59.0 Å². The third-order valence-electron chi connectivity index (χ3n) is 4.18. The van der Waals surface area contributed by atoms with Gasteiger partial charge in [0.25, 0.3) is 5.56 Å². The first-order valence-electron chi connectivity index (χ1n) is 9.14. The quantitative estimate of drug-likeness (QED) is 0.364. The zero-order valence-electron chi connectivity index (χ0n) is 16.1. The number of fused-ring (bicyclic) bond motifs is 1. The van der Waals surface area contributed by atoms with Crippen LogP contribution in [0.25, 0.3) is 11.7 Å². The van der Waals surface area contributed by atoms with Crippen LogP contribution in [0.3, 0.4) is 0 Å². The summed E-state index contributed by atoms with van der Waals surface area (Å²) < 4.78 is 12.0. The summed E-state index contributed by atoms with van der Waals surface area (Å²) in [6.45, 7) is 3.79. The second-order valence-corrected chi connectivity index (χ2v) is 6.05. The van der Waals surface area contributed by atoms with E-state index in [1.54, 1.807) is 49.5 Å². The van der Waals surface area contributed by atoms with Gasteiger partial charge in [-0.25, -0.2) is 4.79 Å². The number of pyridine rings is 1. The number of hydrogen-bond donors (Lipinski definition) is 0. The lowest BCUT2D eigenvalue weighted by Gasteiger charge is -2.10. The molecule has 0 saturated carbocycles. The minimum atomic E-state index is -0.814. The Hall–Kier alpha value is -3.92. The maximum absolute atomic E-state index is 13.0. The van der Waals surface area contributed by atoms with Gasteiger partial charge < -0.3 is 9.47 Å². The van der Waals surface area contributed by atoms with Crippen molar-refractivity contribution in [1.82, 2.24) is 9.38 Å². The number of carbonyl (C=O) groups excluding carboxylic acids is 1. The van der Waals surface area contributed by atoms with Crippen molar-refractivity contribution in [2.75, 3.05) is 6.61 Å². The highest BCUT2D eigenvalue weighted by Gasteiger charge is 2.17. The van der Waals surface area contributed by atoms with Crippen molar-refractivity contribution in [3.8, 4) is 17.7 Å². The van der Waals surface area contributed by atoms with Crippen LogP contribution >= 0.6 is 0 Å². The number of ether oxygens (including phenoxy) is 2. The molecule has 0 fully saturated rings. The molecule has 0 aliphatic heterocycles. The monoisotopic (exact) mass is 389 g/mol. The molecule has 0 atom stereocenters. The first kappa shape index (κ1) is 19.8. The number of hydrogen-bond acceptors (Lipinski definition) is 6. The van der Waals surface area contributed by atoms with E-state index >= 15 is 0 Å². The molecular formula is C22H19N3O4. The Labute approximate surface area is 167 Å². The number of nitrogens with zero attached hydrogens (tertiary/aromatic N) is 3. The molecular weight excluding hydrogens is 370 g/mol. The molecule has 1 aromatic carbocycles. The first-order valence-corrected chi connectivity index (χ1v) is 9.14. The molecule has 0 N–H and O–H groups in total. The zero-order chi connectivity index (χ0) is 20.8. The number of nitriles is 1. The second kappa shape index (κ2) is 8.85. The van der Waals surface area contributed by atoms with Crippen LogP contribution in [0.1, 0.15) is 25.0 Å². The fourth-order valence-corrected chi connectivity index (χ4v) is 2.68. The van der Waals surface area contributed by atoms with Crippen molar-refractivity contribution < 1.29 is 14.3 Å². The van der Waals surface area contributed by atoms with Gasteiger partial charge in [-0.15, -0.1) is 0 Å². The summed E-state index contributed by atoms with van der Waals surface area (Å²) in [5.41, 5.74) is 0.723. The van der Waals surface area contributed by atoms with Gasteiger partial charge in [-0.1, -0.05) is 25.1 Å². The number of aromatic nitrogens is 2. The largest absolute Gasteiger partial charge is 0.462 e. The number of esters is 1. The molecule has 2 aromatic heterocycles. The Bertz CT molecular complexity index is 1170. The molecule has 3 rings (SSSR count). The van der Waals surface area contributed by atoms with Gasteiger partial charge in [0.1, 0.15) is 28.6 Å². The number of rotatable bonds is 6. The van der Waals surface area contributed by atoms with E-state index in [1.165, 1.54) is 4.40 Å². The van der Waals surface area contributed by atoms with E-state index < -0.39 is 11.5 Å². The maximum Gasteiger partial charge on any atom is 0.348 e. The van der Waals surface area contributed by atoms with E-state index in [9.17, 15) is 14.9 Å². The molecule has 2 heterocycles. The van der Waals surface area contributed by atoms with E-state index in [4.69, 9.17) is 9.47 Å². The fourth-order valence-electron chi connectivity index (χ4n) is 2.68. The molecule has 0 saturated heterocycles. The third kappa shape index (κ3) is 4.33. The Balaban J connectivity index is 2.16. The Morgan fingerprint density at radius 1 is 1.21 bits per heavy atom. The molecule has 0 bridgehead atoms. The molecule has 29 heavy (non-hydrogen) atoms. The molecule has 7 nitrogen and oxygen atoms in total. The van der Waals surface area contributed by atoms with E-state index in [0.717, 1.165) is 18.1 Å². The second-order valence-electron chi connectivity index (χ2n) is 6.05. The summed E-state index contributed by atoms with van der Waals surface area (Å²) in [5, 5.41) is 9.34. The fraction of sp³-hybridized carbons (Fsp3) is 0.182. The molecule has 0 radical (unpaired) electrons. The van der Waals surface area contributed by atoms with Crippen LogP contribution in [-0.4, -0.2) is 22.0 Å². The summed E-state index contributed by atoms with van der Waals surface area (Å²) in [6, 6.07) is 14.2. The normalized spacial score (nSPS) is 11.1. The highest BCUT2D eigenvalue weighted by molar-refractivity contribution is 5.98.